The number of H-pyrrole nitrogens is 1. The number of hydrogen-bond acceptors (Lipinski definition) is 2. The fraction of sp³-hybridized carbons (Fsp3) is 0.133. The van der Waals surface area contributed by atoms with Crippen LogP contribution in [0.5, 0.6) is 0 Å². The Morgan fingerprint density at radius 1 is 1.05 bits per heavy atom. The van der Waals surface area contributed by atoms with Gasteiger partial charge in [-0.2, -0.15) is 0 Å². The van der Waals surface area contributed by atoms with Gasteiger partial charge in [0, 0.05) is 0 Å². The Morgan fingerprint density at radius 3 is 2.53 bits per heavy atom. The van der Waals surface area contributed by atoms with Crippen molar-refractivity contribution in [2.24, 2.45) is 5.73 Å². The quantitative estimate of drug-likeness (QED) is 0.748. The molecule has 0 amide bonds. The van der Waals surface area contributed by atoms with Crippen LogP contribution in [0.2, 0.25) is 0 Å². The van der Waals surface area contributed by atoms with Crippen molar-refractivity contribution in [3.63, 3.8) is 0 Å². The van der Waals surface area contributed by atoms with Crippen molar-refractivity contribution in [1.29, 1.82) is 0 Å². The van der Waals surface area contributed by atoms with Gasteiger partial charge < -0.3 is 10.7 Å². The Morgan fingerprint density at radius 2 is 1.79 bits per heavy atom. The van der Waals surface area contributed by atoms with Gasteiger partial charge in [0.2, 0.25) is 0 Å². The zero-order valence-electron chi connectivity index (χ0n) is 10.5. The molecule has 0 atom stereocenters. The van der Waals surface area contributed by atoms with Gasteiger partial charge in [0.1, 0.15) is 0 Å². The Labute approximate surface area is 110 Å². The van der Waals surface area contributed by atoms with Crippen molar-refractivity contribution in [2.45, 2.75) is 6.42 Å². The second kappa shape index (κ2) is 4.74. The number of nitrogens with two attached hydrogens (primary N) is 1. The third-order valence-electron chi connectivity index (χ3n) is 3.22. The summed E-state index contributed by atoms with van der Waals surface area (Å²) in [6.45, 7) is 0.631. The van der Waals surface area contributed by atoms with Crippen molar-refractivity contribution in [3.05, 3.63) is 64.6 Å². The number of hydrogen-bond donors (Lipinski definition) is 2. The predicted molar refractivity (Wildman–Crippen MR) is 76.7 cm³/mol. The van der Waals surface area contributed by atoms with E-state index >= 15 is 0 Å². The summed E-state index contributed by atoms with van der Waals surface area (Å²) in [5.41, 5.74) is 9.19. The van der Waals surface area contributed by atoms with Crippen LogP contribution in [-0.4, -0.2) is 16.1 Å². The number of nitrogens with one attached hydrogen (secondary N) is 1. The van der Waals surface area contributed by atoms with Crippen LogP contribution in [0.1, 0.15) is 5.56 Å². The number of imidazole rings is 1. The molecule has 0 aliphatic heterocycles. The van der Waals surface area contributed by atoms with Crippen molar-refractivity contribution < 1.29 is 0 Å². The van der Waals surface area contributed by atoms with Gasteiger partial charge in [-0.3, -0.25) is 4.57 Å². The summed E-state index contributed by atoms with van der Waals surface area (Å²) >= 11 is 0. The van der Waals surface area contributed by atoms with Crippen LogP contribution >= 0.6 is 0 Å². The molecule has 2 aromatic carbocycles. The Kier molecular flexibility index (Phi) is 2.93. The topological polar surface area (TPSA) is 63.8 Å². The van der Waals surface area contributed by atoms with Crippen molar-refractivity contribution >= 4 is 11.0 Å². The number of aromatic nitrogens is 2. The molecule has 19 heavy (non-hydrogen) atoms. The van der Waals surface area contributed by atoms with E-state index in [9.17, 15) is 4.79 Å². The van der Waals surface area contributed by atoms with E-state index in [0.717, 1.165) is 23.1 Å². The van der Waals surface area contributed by atoms with Gasteiger partial charge in [-0.15, -0.1) is 0 Å². The number of nitrogens with zero attached hydrogens (tertiary/aromatic N) is 1. The normalized spacial score (nSPS) is 11.0. The molecule has 0 unspecified atom stereocenters. The van der Waals surface area contributed by atoms with Crippen LogP contribution in [0.15, 0.2) is 53.3 Å². The third-order valence-corrected chi connectivity index (χ3v) is 3.22. The van der Waals surface area contributed by atoms with Gasteiger partial charge >= 0.3 is 5.69 Å². The van der Waals surface area contributed by atoms with E-state index in [2.05, 4.69) is 4.98 Å². The first-order chi connectivity index (χ1) is 9.29. The van der Waals surface area contributed by atoms with E-state index < -0.39 is 0 Å². The molecule has 0 bridgehead atoms. The molecule has 3 N–H and O–H groups in total. The van der Waals surface area contributed by atoms with Crippen molar-refractivity contribution in [3.8, 4) is 5.69 Å². The van der Waals surface area contributed by atoms with Gasteiger partial charge in [0.15, 0.2) is 0 Å². The summed E-state index contributed by atoms with van der Waals surface area (Å²) in [4.78, 5) is 14.9. The summed E-state index contributed by atoms with van der Waals surface area (Å²) in [5, 5.41) is 0. The number of rotatable bonds is 3. The molecule has 0 saturated heterocycles. The first-order valence-electron chi connectivity index (χ1n) is 6.29. The smallest absolute Gasteiger partial charge is 0.330 e. The Hall–Kier alpha value is -2.33. The molecule has 4 heteroatoms. The molecule has 0 fully saturated rings. The van der Waals surface area contributed by atoms with Crippen LogP contribution in [0.4, 0.5) is 0 Å². The molecular formula is C15H15N3O. The van der Waals surface area contributed by atoms with Gasteiger partial charge in [-0.05, 0) is 42.8 Å². The second-order valence-corrected chi connectivity index (χ2v) is 4.49. The Bertz CT molecular complexity index is 753. The minimum atomic E-state index is -0.118. The first kappa shape index (κ1) is 11.7. The van der Waals surface area contributed by atoms with E-state index in [-0.39, 0.29) is 5.69 Å². The average molecular weight is 253 g/mol. The molecule has 1 aromatic heterocycles. The first-order valence-corrected chi connectivity index (χ1v) is 6.29. The van der Waals surface area contributed by atoms with Gasteiger partial charge in [-0.1, -0.05) is 24.3 Å². The van der Waals surface area contributed by atoms with E-state index in [1.165, 1.54) is 5.56 Å². The van der Waals surface area contributed by atoms with Gasteiger partial charge in [-0.25, -0.2) is 4.79 Å². The maximum atomic E-state index is 12.0. The minimum absolute atomic E-state index is 0.118. The molecular weight excluding hydrogens is 238 g/mol. The summed E-state index contributed by atoms with van der Waals surface area (Å²) in [7, 11) is 0. The molecule has 3 aromatic rings. The molecule has 3 rings (SSSR count). The minimum Gasteiger partial charge on any atom is -0.330 e. The zero-order chi connectivity index (χ0) is 13.2. The standard InChI is InChI=1S/C15H15N3O/c16-10-9-11-5-7-12(8-6-11)18-14-4-2-1-3-13(14)17-15(18)19/h1-8H,9-10,16H2,(H,17,19). The molecule has 0 aliphatic carbocycles. The number of benzene rings is 2. The third kappa shape index (κ3) is 2.06. The zero-order valence-corrected chi connectivity index (χ0v) is 10.5. The van der Waals surface area contributed by atoms with Crippen molar-refractivity contribution in [1.82, 2.24) is 9.55 Å². The summed E-state index contributed by atoms with van der Waals surface area (Å²) < 4.78 is 1.68. The highest BCUT2D eigenvalue weighted by Gasteiger charge is 2.07. The molecule has 4 nitrogen and oxygen atoms in total. The van der Waals surface area contributed by atoms with E-state index in [1.807, 2.05) is 48.5 Å². The number of para-hydroxylation sites is 2. The molecule has 0 saturated carbocycles. The van der Waals surface area contributed by atoms with E-state index in [1.54, 1.807) is 4.57 Å². The summed E-state index contributed by atoms with van der Waals surface area (Å²) in [5.74, 6) is 0. The Balaban J connectivity index is 2.13. The van der Waals surface area contributed by atoms with Crippen LogP contribution < -0.4 is 11.4 Å². The highest BCUT2D eigenvalue weighted by molar-refractivity contribution is 5.77. The lowest BCUT2D eigenvalue weighted by Crippen LogP contribution is -2.14. The fourth-order valence-corrected chi connectivity index (χ4v) is 2.29. The lowest BCUT2D eigenvalue weighted by molar-refractivity contribution is 0.962. The molecule has 1 heterocycles. The maximum absolute atomic E-state index is 12.0. The van der Waals surface area contributed by atoms with Gasteiger partial charge in [0.05, 0.1) is 16.7 Å². The number of fused-ring (bicyclic) bond motifs is 1. The molecule has 0 radical (unpaired) electrons. The lowest BCUT2D eigenvalue weighted by atomic mass is 10.1. The molecule has 0 spiro atoms. The summed E-state index contributed by atoms with van der Waals surface area (Å²) in [6, 6.07) is 15.6. The highest BCUT2D eigenvalue weighted by Crippen LogP contribution is 2.15. The largest absolute Gasteiger partial charge is 0.331 e. The molecule has 0 aliphatic rings. The second-order valence-electron chi connectivity index (χ2n) is 4.49. The van der Waals surface area contributed by atoms with E-state index in [4.69, 9.17) is 5.73 Å². The lowest BCUT2D eigenvalue weighted by Gasteiger charge is -2.05. The predicted octanol–water partition coefficient (Wildman–Crippen LogP) is 1.82. The van der Waals surface area contributed by atoms with Crippen LogP contribution in [0.25, 0.3) is 16.7 Å². The number of aromatic amines is 1. The van der Waals surface area contributed by atoms with Crippen LogP contribution in [-0.2, 0) is 6.42 Å². The maximum Gasteiger partial charge on any atom is 0.331 e. The monoisotopic (exact) mass is 253 g/mol. The molecule has 96 valence electrons. The van der Waals surface area contributed by atoms with Crippen LogP contribution in [0.3, 0.4) is 0 Å². The SMILES string of the molecule is NCCc1ccc(-n2c(=O)[nH]c3ccccc32)cc1. The van der Waals surface area contributed by atoms with Crippen molar-refractivity contribution in [2.75, 3.05) is 6.54 Å². The fourth-order valence-electron chi connectivity index (χ4n) is 2.29. The summed E-state index contributed by atoms with van der Waals surface area (Å²) in [6.07, 6.45) is 0.850. The van der Waals surface area contributed by atoms with Gasteiger partial charge in [0.25, 0.3) is 0 Å². The highest BCUT2D eigenvalue weighted by atomic mass is 16.1. The average Bonchev–Trinajstić information content (AvgIpc) is 2.76. The van der Waals surface area contributed by atoms with Crippen LogP contribution in [0, 0.1) is 0 Å². The van der Waals surface area contributed by atoms with E-state index in [0.29, 0.717) is 6.54 Å².